The Kier molecular flexibility index (Phi) is 6.61. The van der Waals surface area contributed by atoms with Gasteiger partial charge in [0, 0.05) is 32.3 Å². The summed E-state index contributed by atoms with van der Waals surface area (Å²) in [5.41, 5.74) is 12.2. The third kappa shape index (κ3) is 4.45. The van der Waals surface area contributed by atoms with Crippen molar-refractivity contribution < 1.29 is 0 Å². The summed E-state index contributed by atoms with van der Waals surface area (Å²) >= 11 is 0. The highest BCUT2D eigenvalue weighted by atomic mass is 15.1. The van der Waals surface area contributed by atoms with Gasteiger partial charge in [-0.3, -0.25) is 0 Å². The lowest BCUT2D eigenvalue weighted by Gasteiger charge is -2.24. The van der Waals surface area contributed by atoms with Crippen molar-refractivity contribution in [2.45, 2.75) is 0 Å². The number of para-hydroxylation sites is 6. The van der Waals surface area contributed by atoms with E-state index in [1.807, 2.05) is 12.1 Å². The fourth-order valence-electron chi connectivity index (χ4n) is 8.76. The molecule has 0 aliphatic carbocycles. The number of fused-ring (bicyclic) bond motifs is 9. The van der Waals surface area contributed by atoms with Crippen LogP contribution in [0.15, 0.2) is 176 Å². The number of nitrogens with zero attached hydrogens (tertiary/aromatic N) is 5. The SMILES string of the molecule is [C-]#[N+]c1cc([N+]#[C-])cc(-c2cc(-n3c4ccccc4c4ccccc43)c(-n3c4ccccc4c4ccccc43)c(-n3c4ccccc4c4ccccc43)c2)c1. The van der Waals surface area contributed by atoms with E-state index in [9.17, 15) is 0 Å². The average Bonchev–Trinajstić information content (AvgIpc) is 3.89. The summed E-state index contributed by atoms with van der Waals surface area (Å²) in [6.45, 7) is 15.9. The van der Waals surface area contributed by atoms with Gasteiger partial charge in [-0.2, -0.15) is 0 Å². The molecule has 0 aliphatic heterocycles. The molecule has 0 atom stereocenters. The van der Waals surface area contributed by atoms with Crippen LogP contribution in [-0.4, -0.2) is 13.7 Å². The lowest BCUT2D eigenvalue weighted by atomic mass is 10.0. The molecule has 0 saturated carbocycles. The second-order valence-corrected chi connectivity index (χ2v) is 13.9. The maximum atomic E-state index is 7.94. The summed E-state index contributed by atoms with van der Waals surface area (Å²) < 4.78 is 7.24. The Labute approximate surface area is 316 Å². The summed E-state index contributed by atoms with van der Waals surface area (Å²) in [6.07, 6.45) is 0. The molecule has 8 aromatic carbocycles. The second kappa shape index (κ2) is 11.8. The number of aromatic nitrogens is 3. The molecule has 11 rings (SSSR count). The maximum Gasteiger partial charge on any atom is 0.177 e. The smallest absolute Gasteiger partial charge is 0.177 e. The van der Waals surface area contributed by atoms with Crippen LogP contribution in [0.25, 0.3) is 103 Å². The highest BCUT2D eigenvalue weighted by Crippen LogP contribution is 2.45. The Balaban J connectivity index is 1.43. The Morgan fingerprint density at radius 2 is 0.582 bits per heavy atom. The van der Waals surface area contributed by atoms with E-state index in [1.165, 1.54) is 32.3 Å². The fraction of sp³-hybridized carbons (Fsp3) is 0. The van der Waals surface area contributed by atoms with Crippen molar-refractivity contribution in [2.75, 3.05) is 0 Å². The van der Waals surface area contributed by atoms with E-state index >= 15 is 0 Å². The van der Waals surface area contributed by atoms with Crippen molar-refractivity contribution in [3.8, 4) is 28.2 Å². The molecule has 0 bridgehead atoms. The van der Waals surface area contributed by atoms with Gasteiger partial charge >= 0.3 is 0 Å². The minimum absolute atomic E-state index is 0.437. The quantitative estimate of drug-likeness (QED) is 0.163. The first-order valence-corrected chi connectivity index (χ1v) is 18.3. The van der Waals surface area contributed by atoms with Crippen molar-refractivity contribution >= 4 is 76.8 Å². The molecule has 0 spiro atoms. The molecule has 3 aromatic heterocycles. The van der Waals surface area contributed by atoms with Gasteiger partial charge in [0.25, 0.3) is 0 Å². The molecule has 55 heavy (non-hydrogen) atoms. The Morgan fingerprint density at radius 1 is 0.309 bits per heavy atom. The molecule has 0 unspecified atom stereocenters. The monoisotopic (exact) mass is 699 g/mol. The summed E-state index contributed by atoms with van der Waals surface area (Å²) in [6, 6.07) is 61.8. The van der Waals surface area contributed by atoms with Crippen LogP contribution < -0.4 is 0 Å². The summed E-state index contributed by atoms with van der Waals surface area (Å²) in [5.74, 6) is 0. The van der Waals surface area contributed by atoms with Gasteiger partial charge in [0.15, 0.2) is 11.4 Å². The summed E-state index contributed by atoms with van der Waals surface area (Å²) in [4.78, 5) is 7.58. The zero-order valence-corrected chi connectivity index (χ0v) is 29.5. The normalized spacial score (nSPS) is 11.6. The molecular weight excluding hydrogens is 671 g/mol. The molecule has 0 aliphatic rings. The standard InChI is InChI=1S/C50H29N5/c1-51-34-27-32(28-35(31-34)52-2)33-29-48(53-42-21-9-3-15-36(42)37-16-4-10-22-43(37)53)50(55-46-25-13-7-19-40(46)41-20-8-14-26-47(41)55)49(30-33)54-44-23-11-5-17-38(44)39-18-6-12-24-45(39)54/h3-31H. The second-order valence-electron chi connectivity index (χ2n) is 13.9. The minimum atomic E-state index is 0.437. The molecule has 0 fully saturated rings. The van der Waals surface area contributed by atoms with E-state index in [0.29, 0.717) is 11.4 Å². The summed E-state index contributed by atoms with van der Waals surface area (Å²) in [5, 5.41) is 7.02. The van der Waals surface area contributed by atoms with E-state index in [-0.39, 0.29) is 0 Å². The Morgan fingerprint density at radius 3 is 0.891 bits per heavy atom. The van der Waals surface area contributed by atoms with E-state index in [2.05, 4.69) is 181 Å². The highest BCUT2D eigenvalue weighted by molar-refractivity contribution is 6.14. The van der Waals surface area contributed by atoms with Crippen molar-refractivity contribution in [1.82, 2.24) is 13.7 Å². The Hall–Kier alpha value is -7.86. The molecule has 254 valence electrons. The number of hydrogen-bond acceptors (Lipinski definition) is 0. The van der Waals surface area contributed by atoms with Gasteiger partial charge in [-0.15, -0.1) is 0 Å². The van der Waals surface area contributed by atoms with Crippen LogP contribution in [0.3, 0.4) is 0 Å². The number of benzene rings is 8. The van der Waals surface area contributed by atoms with Crippen LogP contribution in [0, 0.1) is 13.1 Å². The first kappa shape index (κ1) is 30.7. The van der Waals surface area contributed by atoms with Crippen molar-refractivity contribution in [3.63, 3.8) is 0 Å². The van der Waals surface area contributed by atoms with E-state index in [0.717, 1.165) is 61.3 Å². The average molecular weight is 700 g/mol. The van der Waals surface area contributed by atoms with E-state index in [4.69, 9.17) is 13.1 Å². The van der Waals surface area contributed by atoms with Gasteiger partial charge in [-0.1, -0.05) is 127 Å². The van der Waals surface area contributed by atoms with Crippen LogP contribution in [-0.2, 0) is 0 Å². The molecule has 3 heterocycles. The molecule has 0 N–H and O–H groups in total. The van der Waals surface area contributed by atoms with Crippen molar-refractivity contribution in [1.29, 1.82) is 0 Å². The number of hydrogen-bond donors (Lipinski definition) is 0. The van der Waals surface area contributed by atoms with Crippen LogP contribution in [0.1, 0.15) is 0 Å². The van der Waals surface area contributed by atoms with Crippen LogP contribution in [0.4, 0.5) is 11.4 Å². The first-order valence-electron chi connectivity index (χ1n) is 18.3. The molecule has 5 heteroatoms. The van der Waals surface area contributed by atoms with Crippen molar-refractivity contribution in [3.05, 3.63) is 199 Å². The first-order chi connectivity index (χ1) is 27.2. The van der Waals surface area contributed by atoms with Gasteiger partial charge in [-0.05, 0) is 59.7 Å². The highest BCUT2D eigenvalue weighted by Gasteiger charge is 2.26. The van der Waals surface area contributed by atoms with Gasteiger partial charge < -0.3 is 13.7 Å². The predicted molar refractivity (Wildman–Crippen MR) is 227 cm³/mol. The van der Waals surface area contributed by atoms with Crippen molar-refractivity contribution in [2.24, 2.45) is 0 Å². The van der Waals surface area contributed by atoms with Crippen LogP contribution in [0.5, 0.6) is 0 Å². The molecule has 5 nitrogen and oxygen atoms in total. The largest absolute Gasteiger partial charge is 0.307 e. The maximum absolute atomic E-state index is 7.94. The Bertz CT molecular complexity index is 3140. The molecular formula is C50H29N5. The lowest BCUT2D eigenvalue weighted by molar-refractivity contribution is 1.05. The van der Waals surface area contributed by atoms with Crippen LogP contribution in [0.2, 0.25) is 0 Å². The molecule has 0 amide bonds. The third-order valence-electron chi connectivity index (χ3n) is 11.0. The van der Waals surface area contributed by atoms with E-state index < -0.39 is 0 Å². The molecule has 0 saturated heterocycles. The topological polar surface area (TPSA) is 23.5 Å². The third-order valence-corrected chi connectivity index (χ3v) is 11.0. The summed E-state index contributed by atoms with van der Waals surface area (Å²) in [7, 11) is 0. The molecule has 11 aromatic rings. The van der Waals surface area contributed by atoms with Gasteiger partial charge in [0.1, 0.15) is 0 Å². The fourth-order valence-corrected chi connectivity index (χ4v) is 8.76. The van der Waals surface area contributed by atoms with Gasteiger partial charge in [0.2, 0.25) is 0 Å². The number of rotatable bonds is 4. The molecule has 0 radical (unpaired) electrons. The lowest BCUT2D eigenvalue weighted by Crippen LogP contribution is -2.10. The van der Waals surface area contributed by atoms with E-state index in [1.54, 1.807) is 6.07 Å². The predicted octanol–water partition coefficient (Wildman–Crippen LogP) is 13.7. The van der Waals surface area contributed by atoms with Gasteiger partial charge in [0.05, 0.1) is 63.3 Å². The zero-order chi connectivity index (χ0) is 36.6. The van der Waals surface area contributed by atoms with Gasteiger partial charge in [-0.25, -0.2) is 9.69 Å². The zero-order valence-electron chi connectivity index (χ0n) is 29.5. The van der Waals surface area contributed by atoms with Crippen LogP contribution >= 0.6 is 0 Å². The minimum Gasteiger partial charge on any atom is -0.307 e.